The van der Waals surface area contributed by atoms with E-state index < -0.39 is 0 Å². The normalized spacial score (nSPS) is 11.5. The highest BCUT2D eigenvalue weighted by molar-refractivity contribution is 5.27. The zero-order valence-corrected chi connectivity index (χ0v) is 11.3. The standard InChI is InChI=1S/C15H25NO/c1-4-15(5-2,12-16)9-10-17-14-8-6-7-13(3)11-14/h6-8,11H,4-5,9-10,12,16H2,1-3H3. The molecule has 96 valence electrons. The van der Waals surface area contributed by atoms with Crippen molar-refractivity contribution in [1.29, 1.82) is 0 Å². The van der Waals surface area contributed by atoms with Gasteiger partial charge in [0.2, 0.25) is 0 Å². The van der Waals surface area contributed by atoms with Crippen molar-refractivity contribution in [1.82, 2.24) is 0 Å². The monoisotopic (exact) mass is 235 g/mol. The molecule has 0 aliphatic rings. The van der Waals surface area contributed by atoms with E-state index in [1.165, 1.54) is 5.56 Å². The van der Waals surface area contributed by atoms with Crippen LogP contribution in [0, 0.1) is 12.3 Å². The van der Waals surface area contributed by atoms with Crippen molar-refractivity contribution < 1.29 is 4.74 Å². The van der Waals surface area contributed by atoms with Crippen LogP contribution in [-0.2, 0) is 0 Å². The zero-order chi connectivity index (χ0) is 12.7. The van der Waals surface area contributed by atoms with Crippen LogP contribution < -0.4 is 10.5 Å². The minimum atomic E-state index is 0.254. The van der Waals surface area contributed by atoms with E-state index in [2.05, 4.69) is 32.9 Å². The molecule has 1 aromatic carbocycles. The Kier molecular flexibility index (Phi) is 5.49. The fourth-order valence-electron chi connectivity index (χ4n) is 2.08. The van der Waals surface area contributed by atoms with Gasteiger partial charge in [0.25, 0.3) is 0 Å². The number of nitrogens with two attached hydrogens (primary N) is 1. The third-order valence-electron chi connectivity index (χ3n) is 3.82. The molecule has 2 nitrogen and oxygen atoms in total. The first kappa shape index (κ1) is 14.0. The Morgan fingerprint density at radius 2 is 1.94 bits per heavy atom. The first-order chi connectivity index (χ1) is 8.15. The molecule has 17 heavy (non-hydrogen) atoms. The Labute approximate surface area is 105 Å². The van der Waals surface area contributed by atoms with Gasteiger partial charge in [0.05, 0.1) is 6.61 Å². The first-order valence-corrected chi connectivity index (χ1v) is 6.55. The maximum absolute atomic E-state index is 5.88. The van der Waals surface area contributed by atoms with Gasteiger partial charge in [0, 0.05) is 0 Å². The Morgan fingerprint density at radius 1 is 1.24 bits per heavy atom. The Bertz CT molecular complexity index is 323. The molecule has 2 N–H and O–H groups in total. The molecule has 1 rings (SSSR count). The average molecular weight is 235 g/mol. The summed E-state index contributed by atoms with van der Waals surface area (Å²) in [5.74, 6) is 0.961. The SMILES string of the molecule is CCC(CC)(CN)CCOc1cccc(C)c1. The molecule has 0 amide bonds. The van der Waals surface area contributed by atoms with Crippen molar-refractivity contribution in [2.75, 3.05) is 13.2 Å². The lowest BCUT2D eigenvalue weighted by molar-refractivity contribution is 0.187. The van der Waals surface area contributed by atoms with Crippen molar-refractivity contribution in [3.63, 3.8) is 0 Å². The van der Waals surface area contributed by atoms with Crippen LogP contribution in [0.2, 0.25) is 0 Å². The largest absolute Gasteiger partial charge is 0.494 e. The smallest absolute Gasteiger partial charge is 0.119 e. The van der Waals surface area contributed by atoms with E-state index in [9.17, 15) is 0 Å². The molecule has 0 aliphatic heterocycles. The Balaban J connectivity index is 2.46. The van der Waals surface area contributed by atoms with E-state index >= 15 is 0 Å². The van der Waals surface area contributed by atoms with Gasteiger partial charge in [-0.3, -0.25) is 0 Å². The van der Waals surface area contributed by atoms with Gasteiger partial charge in [0.15, 0.2) is 0 Å². The highest BCUT2D eigenvalue weighted by Crippen LogP contribution is 2.29. The predicted molar refractivity (Wildman–Crippen MR) is 73.4 cm³/mol. The summed E-state index contributed by atoms with van der Waals surface area (Å²) >= 11 is 0. The summed E-state index contributed by atoms with van der Waals surface area (Å²) in [5, 5.41) is 0. The molecular formula is C15H25NO. The molecule has 0 aromatic heterocycles. The van der Waals surface area contributed by atoms with Crippen LogP contribution in [0.5, 0.6) is 5.75 Å². The van der Waals surface area contributed by atoms with Crippen LogP contribution in [0.15, 0.2) is 24.3 Å². The quantitative estimate of drug-likeness (QED) is 0.784. The lowest BCUT2D eigenvalue weighted by atomic mass is 9.80. The number of ether oxygens (including phenoxy) is 1. The fourth-order valence-corrected chi connectivity index (χ4v) is 2.08. The highest BCUT2D eigenvalue weighted by Gasteiger charge is 2.23. The lowest BCUT2D eigenvalue weighted by Crippen LogP contribution is -2.31. The molecule has 0 spiro atoms. The molecule has 0 unspecified atom stereocenters. The summed E-state index contributed by atoms with van der Waals surface area (Å²) in [5.41, 5.74) is 7.37. The van der Waals surface area contributed by atoms with Gasteiger partial charge in [0.1, 0.15) is 5.75 Å². The summed E-state index contributed by atoms with van der Waals surface area (Å²) in [6.07, 6.45) is 3.28. The summed E-state index contributed by atoms with van der Waals surface area (Å²) < 4.78 is 5.79. The molecule has 0 saturated carbocycles. The van der Waals surface area contributed by atoms with E-state index in [-0.39, 0.29) is 5.41 Å². The second-order valence-electron chi connectivity index (χ2n) is 4.83. The molecular weight excluding hydrogens is 210 g/mol. The summed E-state index contributed by atoms with van der Waals surface area (Å²) in [6, 6.07) is 8.19. The maximum atomic E-state index is 5.88. The van der Waals surface area contributed by atoms with Crippen molar-refractivity contribution in [2.45, 2.75) is 40.0 Å². The van der Waals surface area contributed by atoms with Crippen molar-refractivity contribution in [3.8, 4) is 5.75 Å². The van der Waals surface area contributed by atoms with Crippen LogP contribution in [0.25, 0.3) is 0 Å². The summed E-state index contributed by atoms with van der Waals surface area (Å²) in [7, 11) is 0. The van der Waals surface area contributed by atoms with E-state index in [1.807, 2.05) is 12.1 Å². The second-order valence-corrected chi connectivity index (χ2v) is 4.83. The number of aryl methyl sites for hydroxylation is 1. The minimum Gasteiger partial charge on any atom is -0.494 e. The van der Waals surface area contributed by atoms with Gasteiger partial charge in [-0.2, -0.15) is 0 Å². The van der Waals surface area contributed by atoms with Crippen LogP contribution in [0.4, 0.5) is 0 Å². The van der Waals surface area contributed by atoms with Gasteiger partial charge in [-0.25, -0.2) is 0 Å². The maximum Gasteiger partial charge on any atom is 0.119 e. The van der Waals surface area contributed by atoms with Crippen molar-refractivity contribution in [2.24, 2.45) is 11.1 Å². The van der Waals surface area contributed by atoms with Crippen molar-refractivity contribution >= 4 is 0 Å². The van der Waals surface area contributed by atoms with Gasteiger partial charge >= 0.3 is 0 Å². The Hall–Kier alpha value is -1.02. The third kappa shape index (κ3) is 4.04. The second kappa shape index (κ2) is 6.65. The van der Waals surface area contributed by atoms with Crippen LogP contribution in [0.3, 0.4) is 0 Å². The topological polar surface area (TPSA) is 35.2 Å². The molecule has 0 aliphatic carbocycles. The van der Waals surface area contributed by atoms with E-state index in [4.69, 9.17) is 10.5 Å². The van der Waals surface area contributed by atoms with Crippen LogP contribution in [-0.4, -0.2) is 13.2 Å². The Morgan fingerprint density at radius 3 is 2.47 bits per heavy atom. The fraction of sp³-hybridized carbons (Fsp3) is 0.600. The molecule has 0 heterocycles. The highest BCUT2D eigenvalue weighted by atomic mass is 16.5. The molecule has 0 fully saturated rings. The number of rotatable bonds is 7. The number of benzene rings is 1. The molecule has 0 bridgehead atoms. The third-order valence-corrected chi connectivity index (χ3v) is 3.82. The van der Waals surface area contributed by atoms with Gasteiger partial charge < -0.3 is 10.5 Å². The van der Waals surface area contributed by atoms with E-state index in [0.29, 0.717) is 0 Å². The molecule has 1 aromatic rings. The van der Waals surface area contributed by atoms with Gasteiger partial charge in [-0.15, -0.1) is 0 Å². The first-order valence-electron chi connectivity index (χ1n) is 6.55. The summed E-state index contributed by atoms with van der Waals surface area (Å²) in [4.78, 5) is 0. The average Bonchev–Trinajstić information content (AvgIpc) is 2.35. The molecule has 0 atom stereocenters. The predicted octanol–water partition coefficient (Wildman–Crippen LogP) is 3.53. The van der Waals surface area contributed by atoms with Gasteiger partial charge in [-0.05, 0) is 55.8 Å². The van der Waals surface area contributed by atoms with Gasteiger partial charge in [-0.1, -0.05) is 26.0 Å². The van der Waals surface area contributed by atoms with Crippen LogP contribution >= 0.6 is 0 Å². The number of hydrogen-bond acceptors (Lipinski definition) is 2. The zero-order valence-electron chi connectivity index (χ0n) is 11.3. The van der Waals surface area contributed by atoms with E-state index in [1.54, 1.807) is 0 Å². The lowest BCUT2D eigenvalue weighted by Gasteiger charge is -2.29. The molecule has 0 radical (unpaired) electrons. The summed E-state index contributed by atoms with van der Waals surface area (Å²) in [6.45, 7) is 8.00. The minimum absolute atomic E-state index is 0.254. The van der Waals surface area contributed by atoms with Crippen molar-refractivity contribution in [3.05, 3.63) is 29.8 Å². The molecule has 2 heteroatoms. The molecule has 0 saturated heterocycles. The van der Waals surface area contributed by atoms with Crippen LogP contribution in [0.1, 0.15) is 38.7 Å². The number of hydrogen-bond donors (Lipinski definition) is 1. The van der Waals surface area contributed by atoms with E-state index in [0.717, 1.165) is 38.2 Å².